The Hall–Kier alpha value is -0.0800. The van der Waals surface area contributed by atoms with Crippen molar-refractivity contribution >= 4 is 0 Å². The Morgan fingerprint density at radius 3 is 2.33 bits per heavy atom. The summed E-state index contributed by atoms with van der Waals surface area (Å²) in [7, 11) is 0. The van der Waals surface area contributed by atoms with Crippen molar-refractivity contribution in [3.8, 4) is 0 Å². The minimum Gasteiger partial charge on any atom is -0.396 e. The Kier molecular flexibility index (Phi) is 2.49. The van der Waals surface area contributed by atoms with Gasteiger partial charge in [-0.25, -0.2) is 0 Å². The molecule has 1 aliphatic carbocycles. The van der Waals surface area contributed by atoms with Gasteiger partial charge >= 0.3 is 0 Å². The highest BCUT2D eigenvalue weighted by Crippen LogP contribution is 2.32. The molecular weight excluding hydrogens is 114 g/mol. The van der Waals surface area contributed by atoms with E-state index in [1.165, 1.54) is 19.3 Å². The fourth-order valence-corrected chi connectivity index (χ4v) is 1.33. The molecule has 0 amide bonds. The van der Waals surface area contributed by atoms with Crippen molar-refractivity contribution < 1.29 is 5.11 Å². The van der Waals surface area contributed by atoms with Crippen LogP contribution < -0.4 is 5.73 Å². The first-order valence-electron chi connectivity index (χ1n) is 3.69. The van der Waals surface area contributed by atoms with Crippen LogP contribution in [0, 0.1) is 11.8 Å². The van der Waals surface area contributed by atoms with Gasteiger partial charge in [0.05, 0.1) is 0 Å². The van der Waals surface area contributed by atoms with Crippen LogP contribution in [-0.2, 0) is 0 Å². The molecule has 0 heterocycles. The molecule has 1 atom stereocenters. The maximum Gasteiger partial charge on any atom is 0.0473 e. The molecule has 1 saturated carbocycles. The molecule has 0 aliphatic heterocycles. The Balaban J connectivity index is 2.19. The first-order chi connectivity index (χ1) is 4.38. The molecule has 2 heteroatoms. The summed E-state index contributed by atoms with van der Waals surface area (Å²) in [6.45, 7) is 0.933. The van der Waals surface area contributed by atoms with Gasteiger partial charge in [-0.15, -0.1) is 0 Å². The Morgan fingerprint density at radius 2 is 2.22 bits per heavy atom. The zero-order chi connectivity index (χ0) is 6.69. The molecule has 0 spiro atoms. The van der Waals surface area contributed by atoms with E-state index in [1.807, 2.05) is 0 Å². The van der Waals surface area contributed by atoms with Gasteiger partial charge in [0, 0.05) is 6.61 Å². The fraction of sp³-hybridized carbons (Fsp3) is 1.00. The molecule has 0 radical (unpaired) electrons. The van der Waals surface area contributed by atoms with E-state index < -0.39 is 0 Å². The number of aliphatic hydroxyl groups is 1. The average Bonchev–Trinajstić information content (AvgIpc) is 1.78. The predicted octanol–water partition coefficient (Wildman–Crippen LogP) is 0.354. The molecule has 2 nitrogen and oxygen atoms in total. The topological polar surface area (TPSA) is 46.2 Å². The Labute approximate surface area is 56.1 Å². The van der Waals surface area contributed by atoms with E-state index in [-0.39, 0.29) is 6.61 Å². The monoisotopic (exact) mass is 129 g/mol. The van der Waals surface area contributed by atoms with Gasteiger partial charge in [-0.2, -0.15) is 0 Å². The van der Waals surface area contributed by atoms with Crippen LogP contribution in [-0.4, -0.2) is 18.3 Å². The van der Waals surface area contributed by atoms with E-state index >= 15 is 0 Å². The number of hydrogen-bond donors (Lipinski definition) is 2. The van der Waals surface area contributed by atoms with Gasteiger partial charge in [-0.1, -0.05) is 19.3 Å². The predicted molar refractivity (Wildman–Crippen MR) is 37.0 cm³/mol. The highest BCUT2D eigenvalue weighted by atomic mass is 16.3. The molecule has 9 heavy (non-hydrogen) atoms. The zero-order valence-electron chi connectivity index (χ0n) is 5.71. The zero-order valence-corrected chi connectivity index (χ0v) is 5.71. The van der Waals surface area contributed by atoms with Gasteiger partial charge in [-0.05, 0) is 18.4 Å². The lowest BCUT2D eigenvalue weighted by Crippen LogP contribution is -2.30. The molecule has 1 fully saturated rings. The molecule has 3 N–H and O–H groups in total. The highest BCUT2D eigenvalue weighted by molar-refractivity contribution is 4.77. The molecular formula is C7H15NO. The first-order valence-corrected chi connectivity index (χ1v) is 3.69. The summed E-state index contributed by atoms with van der Waals surface area (Å²) in [5.41, 5.74) is 5.43. The third-order valence-corrected chi connectivity index (χ3v) is 2.35. The number of aliphatic hydroxyl groups excluding tert-OH is 1. The van der Waals surface area contributed by atoms with E-state index in [0.29, 0.717) is 12.5 Å². The van der Waals surface area contributed by atoms with Crippen molar-refractivity contribution in [1.82, 2.24) is 0 Å². The van der Waals surface area contributed by atoms with Crippen LogP contribution >= 0.6 is 0 Å². The highest BCUT2D eigenvalue weighted by Gasteiger charge is 2.25. The van der Waals surface area contributed by atoms with E-state index in [9.17, 15) is 0 Å². The summed E-state index contributed by atoms with van der Waals surface area (Å²) in [6, 6.07) is 0. The molecule has 1 aliphatic rings. The van der Waals surface area contributed by atoms with Crippen LogP contribution in [0.1, 0.15) is 19.3 Å². The van der Waals surface area contributed by atoms with Crippen LogP contribution in [0.2, 0.25) is 0 Å². The Bertz CT molecular complexity index is 77.0. The summed E-state index contributed by atoms with van der Waals surface area (Å²) in [6.07, 6.45) is 3.89. The summed E-state index contributed by atoms with van der Waals surface area (Å²) < 4.78 is 0. The van der Waals surface area contributed by atoms with Crippen molar-refractivity contribution in [2.45, 2.75) is 19.3 Å². The first kappa shape index (κ1) is 7.03. The van der Waals surface area contributed by atoms with E-state index in [4.69, 9.17) is 10.8 Å². The molecule has 0 aromatic carbocycles. The number of nitrogens with two attached hydrogens (primary N) is 1. The van der Waals surface area contributed by atoms with Crippen LogP contribution in [0.5, 0.6) is 0 Å². The molecule has 0 unspecified atom stereocenters. The average molecular weight is 129 g/mol. The summed E-state index contributed by atoms with van der Waals surface area (Å²) in [5.74, 6) is 1.12. The third-order valence-electron chi connectivity index (χ3n) is 2.35. The molecule has 0 aromatic rings. The lowest BCUT2D eigenvalue weighted by Gasteiger charge is -2.31. The van der Waals surface area contributed by atoms with Crippen LogP contribution in [0.15, 0.2) is 0 Å². The van der Waals surface area contributed by atoms with Crippen LogP contribution in [0.3, 0.4) is 0 Å². The maximum atomic E-state index is 8.78. The second kappa shape index (κ2) is 3.18. The van der Waals surface area contributed by atoms with E-state index in [2.05, 4.69) is 0 Å². The second-order valence-electron chi connectivity index (χ2n) is 2.87. The normalized spacial score (nSPS) is 23.3. The van der Waals surface area contributed by atoms with Crippen LogP contribution in [0.4, 0.5) is 0 Å². The summed E-state index contributed by atoms with van der Waals surface area (Å²) >= 11 is 0. The molecule has 0 saturated heterocycles. The van der Waals surface area contributed by atoms with Gasteiger partial charge in [0.1, 0.15) is 0 Å². The van der Waals surface area contributed by atoms with E-state index in [1.54, 1.807) is 0 Å². The van der Waals surface area contributed by atoms with Crippen molar-refractivity contribution in [2.24, 2.45) is 17.6 Å². The van der Waals surface area contributed by atoms with Gasteiger partial charge in [0.25, 0.3) is 0 Å². The standard InChI is InChI=1S/C7H15NO/c8-4-7(5-9)6-2-1-3-6/h6-7,9H,1-5,8H2/t7-/m1/s1. The number of rotatable bonds is 3. The minimum atomic E-state index is 0.279. The van der Waals surface area contributed by atoms with Gasteiger partial charge in [0.15, 0.2) is 0 Å². The largest absolute Gasteiger partial charge is 0.396 e. The fourth-order valence-electron chi connectivity index (χ4n) is 1.33. The van der Waals surface area contributed by atoms with Crippen molar-refractivity contribution in [1.29, 1.82) is 0 Å². The quantitative estimate of drug-likeness (QED) is 0.577. The van der Waals surface area contributed by atoms with Crippen molar-refractivity contribution in [2.75, 3.05) is 13.2 Å². The molecule has 0 bridgehead atoms. The lowest BCUT2D eigenvalue weighted by atomic mass is 9.76. The Morgan fingerprint density at radius 1 is 1.56 bits per heavy atom. The smallest absolute Gasteiger partial charge is 0.0473 e. The van der Waals surface area contributed by atoms with Crippen molar-refractivity contribution in [3.05, 3.63) is 0 Å². The molecule has 54 valence electrons. The van der Waals surface area contributed by atoms with Crippen molar-refractivity contribution in [3.63, 3.8) is 0 Å². The van der Waals surface area contributed by atoms with Gasteiger partial charge in [0.2, 0.25) is 0 Å². The minimum absolute atomic E-state index is 0.279. The second-order valence-corrected chi connectivity index (χ2v) is 2.87. The maximum absolute atomic E-state index is 8.78. The summed E-state index contributed by atoms with van der Waals surface area (Å²) in [5, 5.41) is 8.78. The number of hydrogen-bond acceptors (Lipinski definition) is 2. The SMILES string of the molecule is NC[C@H](CO)C1CCC1. The third kappa shape index (κ3) is 1.43. The van der Waals surface area contributed by atoms with Gasteiger partial charge < -0.3 is 10.8 Å². The van der Waals surface area contributed by atoms with E-state index in [0.717, 1.165) is 5.92 Å². The lowest BCUT2D eigenvalue weighted by molar-refractivity contribution is 0.129. The molecule has 0 aromatic heterocycles. The molecule has 1 rings (SSSR count). The van der Waals surface area contributed by atoms with Gasteiger partial charge in [-0.3, -0.25) is 0 Å². The van der Waals surface area contributed by atoms with Crippen LogP contribution in [0.25, 0.3) is 0 Å². The summed E-state index contributed by atoms with van der Waals surface area (Å²) in [4.78, 5) is 0.